The van der Waals surface area contributed by atoms with E-state index in [1.807, 2.05) is 65.3 Å². The van der Waals surface area contributed by atoms with Gasteiger partial charge in [-0.1, -0.05) is 66.4 Å². The van der Waals surface area contributed by atoms with Crippen molar-refractivity contribution in [1.29, 1.82) is 0 Å². The van der Waals surface area contributed by atoms with Gasteiger partial charge in [-0.15, -0.1) is 0 Å². The summed E-state index contributed by atoms with van der Waals surface area (Å²) < 4.78 is 25.9. The average Bonchev–Trinajstić information content (AvgIpc) is 3.25. The molecule has 0 bridgehead atoms. The van der Waals surface area contributed by atoms with Gasteiger partial charge in [0.15, 0.2) is 14.2 Å². The molecule has 33 heavy (non-hydrogen) atoms. The Hall–Kier alpha value is -2.98. The van der Waals surface area contributed by atoms with Gasteiger partial charge in [-0.2, -0.15) is 5.10 Å². The van der Waals surface area contributed by atoms with Crippen molar-refractivity contribution in [3.05, 3.63) is 84.9 Å². The Morgan fingerprint density at radius 2 is 1.61 bits per heavy atom. The first-order valence-corrected chi connectivity index (χ1v) is 13.0. The molecular formula is C24H21N3O3S3. The van der Waals surface area contributed by atoms with Crippen LogP contribution in [0, 0.1) is 0 Å². The third kappa shape index (κ3) is 5.33. The number of benzene rings is 3. The smallest absolute Gasteiger partial charge is 0.175 e. The Balaban J connectivity index is 1.74. The van der Waals surface area contributed by atoms with Crippen LogP contribution < -0.4 is 0 Å². The zero-order valence-corrected chi connectivity index (χ0v) is 20.4. The summed E-state index contributed by atoms with van der Waals surface area (Å²) in [6.07, 6.45) is 1.19. The largest absolute Gasteiger partial charge is 0.287 e. The summed E-state index contributed by atoms with van der Waals surface area (Å²) in [6.45, 7) is 0. The molecule has 168 valence electrons. The lowest BCUT2D eigenvalue weighted by Crippen LogP contribution is -2.16. The maximum atomic E-state index is 11.8. The molecule has 9 heteroatoms. The van der Waals surface area contributed by atoms with Crippen molar-refractivity contribution < 1.29 is 13.6 Å². The zero-order valence-electron chi connectivity index (χ0n) is 17.9. The van der Waals surface area contributed by atoms with Gasteiger partial charge in [0.1, 0.15) is 0 Å². The quantitative estimate of drug-likeness (QED) is 0.228. The number of hydroxylamine groups is 2. The number of thioether (sulfide) groups is 1. The van der Waals surface area contributed by atoms with Crippen molar-refractivity contribution in [1.82, 2.24) is 14.8 Å². The number of hydrogen-bond acceptors (Lipinski definition) is 6. The fourth-order valence-electron chi connectivity index (χ4n) is 3.23. The second kappa shape index (κ2) is 9.48. The molecule has 0 aliphatic heterocycles. The predicted molar refractivity (Wildman–Crippen MR) is 136 cm³/mol. The number of rotatable bonds is 5. The van der Waals surface area contributed by atoms with Gasteiger partial charge < -0.3 is 0 Å². The highest BCUT2D eigenvalue weighted by molar-refractivity contribution is 8.22. The van der Waals surface area contributed by atoms with E-state index in [4.69, 9.17) is 17.3 Å². The van der Waals surface area contributed by atoms with Crippen molar-refractivity contribution in [2.45, 2.75) is 9.79 Å². The van der Waals surface area contributed by atoms with Crippen LogP contribution in [0.2, 0.25) is 0 Å². The van der Waals surface area contributed by atoms with E-state index in [2.05, 4.69) is 0 Å². The lowest BCUT2D eigenvalue weighted by molar-refractivity contribution is 0.0205. The Labute approximate surface area is 202 Å². The molecule has 4 aromatic rings. The molecule has 0 spiro atoms. The number of hydrogen-bond donors (Lipinski definition) is 1. The Kier molecular flexibility index (Phi) is 6.66. The summed E-state index contributed by atoms with van der Waals surface area (Å²) in [5.41, 5.74) is 4.34. The summed E-state index contributed by atoms with van der Waals surface area (Å²) in [6, 6.07) is 26.4. The van der Waals surface area contributed by atoms with E-state index in [1.54, 1.807) is 24.3 Å². The fourth-order valence-corrected chi connectivity index (χ4v) is 4.75. The van der Waals surface area contributed by atoms with Crippen molar-refractivity contribution in [3.63, 3.8) is 0 Å². The van der Waals surface area contributed by atoms with Crippen molar-refractivity contribution in [2.24, 2.45) is 0 Å². The van der Waals surface area contributed by atoms with Crippen LogP contribution in [-0.4, -0.2) is 46.1 Å². The lowest BCUT2D eigenvalue weighted by atomic mass is 10.1. The van der Waals surface area contributed by atoms with Crippen molar-refractivity contribution >= 4 is 38.1 Å². The number of nitrogens with zero attached hydrogens (tertiary/aromatic N) is 3. The molecule has 0 saturated carbocycles. The van der Waals surface area contributed by atoms with Gasteiger partial charge in [-0.25, -0.2) is 18.2 Å². The molecule has 0 fully saturated rings. The predicted octanol–water partition coefficient (Wildman–Crippen LogP) is 5.31. The van der Waals surface area contributed by atoms with E-state index in [1.165, 1.54) is 25.1 Å². The third-order valence-electron chi connectivity index (χ3n) is 4.91. The normalized spacial score (nSPS) is 11.4. The molecule has 4 rings (SSSR count). The maximum absolute atomic E-state index is 11.8. The SMILES string of the molecule is CN(O)C(=S)Sc1ccc(-c2cc(-c3ccccc3)n(-c3ccc(S(C)(=O)=O)cc3)n2)cc1. The first-order valence-electron chi connectivity index (χ1n) is 9.93. The van der Waals surface area contributed by atoms with Gasteiger partial charge >= 0.3 is 0 Å². The minimum absolute atomic E-state index is 0.263. The van der Waals surface area contributed by atoms with Gasteiger partial charge in [-0.05, 0) is 42.5 Å². The third-order valence-corrected chi connectivity index (χ3v) is 7.50. The van der Waals surface area contributed by atoms with Crippen LogP contribution >= 0.6 is 24.0 Å². The van der Waals surface area contributed by atoms with Crippen LogP contribution in [0.5, 0.6) is 0 Å². The first kappa shape index (κ1) is 23.2. The molecule has 1 aromatic heterocycles. The zero-order chi connectivity index (χ0) is 23.6. The highest BCUT2D eigenvalue weighted by Gasteiger charge is 2.15. The molecular weight excluding hydrogens is 474 g/mol. The molecule has 6 nitrogen and oxygen atoms in total. The second-order valence-electron chi connectivity index (χ2n) is 7.37. The van der Waals surface area contributed by atoms with Gasteiger partial charge in [-0.3, -0.25) is 5.21 Å². The van der Waals surface area contributed by atoms with E-state index in [0.29, 0.717) is 4.32 Å². The molecule has 0 aliphatic rings. The Morgan fingerprint density at radius 3 is 2.18 bits per heavy atom. The van der Waals surface area contributed by atoms with Crippen LogP contribution in [-0.2, 0) is 9.84 Å². The standard InChI is InChI=1S/C24H21N3O3S3/c1-26(28)24(31)32-20-12-8-17(9-13-20)22-16-23(18-6-4-3-5-7-18)27(25-22)19-10-14-21(15-11-19)33(2,29)30/h3-16,28H,1-2H3. The van der Waals surface area contributed by atoms with Crippen LogP contribution in [0.1, 0.15) is 0 Å². The van der Waals surface area contributed by atoms with Gasteiger partial charge in [0, 0.05) is 29.3 Å². The van der Waals surface area contributed by atoms with Crippen molar-refractivity contribution in [2.75, 3.05) is 13.3 Å². The van der Waals surface area contributed by atoms with Crippen LogP contribution in [0.25, 0.3) is 28.2 Å². The minimum atomic E-state index is -3.28. The minimum Gasteiger partial charge on any atom is -0.287 e. The summed E-state index contributed by atoms with van der Waals surface area (Å²) in [4.78, 5) is 1.17. The topological polar surface area (TPSA) is 75.4 Å². The van der Waals surface area contributed by atoms with Gasteiger partial charge in [0.05, 0.1) is 22.0 Å². The molecule has 0 unspecified atom stereocenters. The molecule has 0 saturated heterocycles. The monoisotopic (exact) mass is 495 g/mol. The van der Waals surface area contributed by atoms with Crippen molar-refractivity contribution in [3.8, 4) is 28.2 Å². The fraction of sp³-hybridized carbons (Fsp3) is 0.0833. The highest BCUT2D eigenvalue weighted by Crippen LogP contribution is 2.30. The maximum Gasteiger partial charge on any atom is 0.175 e. The average molecular weight is 496 g/mol. The highest BCUT2D eigenvalue weighted by atomic mass is 32.2. The van der Waals surface area contributed by atoms with E-state index in [9.17, 15) is 13.6 Å². The molecule has 0 amide bonds. The molecule has 0 radical (unpaired) electrons. The summed E-state index contributed by atoms with van der Waals surface area (Å²) in [7, 11) is -1.79. The van der Waals surface area contributed by atoms with E-state index in [0.717, 1.165) is 38.2 Å². The Bertz CT molecular complexity index is 1380. The van der Waals surface area contributed by atoms with Crippen LogP contribution in [0.4, 0.5) is 0 Å². The van der Waals surface area contributed by atoms with Gasteiger partial charge in [0.25, 0.3) is 0 Å². The molecule has 0 aliphatic carbocycles. The van der Waals surface area contributed by atoms with Gasteiger partial charge in [0.2, 0.25) is 0 Å². The van der Waals surface area contributed by atoms with E-state index >= 15 is 0 Å². The van der Waals surface area contributed by atoms with E-state index in [-0.39, 0.29) is 4.90 Å². The lowest BCUT2D eigenvalue weighted by Gasteiger charge is -2.10. The number of aromatic nitrogens is 2. The Morgan fingerprint density at radius 1 is 0.970 bits per heavy atom. The molecule has 0 atom stereocenters. The second-order valence-corrected chi connectivity index (χ2v) is 11.1. The number of thiocarbonyl (C=S) groups is 1. The molecule has 1 heterocycles. The summed E-state index contributed by atoms with van der Waals surface area (Å²) in [5.74, 6) is 0. The van der Waals surface area contributed by atoms with E-state index < -0.39 is 9.84 Å². The first-order chi connectivity index (χ1) is 15.7. The summed E-state index contributed by atoms with van der Waals surface area (Å²) in [5, 5.41) is 15.2. The molecule has 1 N–H and O–H groups in total. The number of sulfone groups is 1. The summed E-state index contributed by atoms with van der Waals surface area (Å²) >= 11 is 6.43. The van der Waals surface area contributed by atoms with Crippen LogP contribution in [0.15, 0.2) is 94.7 Å². The van der Waals surface area contributed by atoms with Crippen LogP contribution in [0.3, 0.4) is 0 Å². The molecule has 3 aromatic carbocycles.